The van der Waals surface area contributed by atoms with Gasteiger partial charge in [0.1, 0.15) is 0 Å². The predicted octanol–water partition coefficient (Wildman–Crippen LogP) is 1.63. The zero-order chi connectivity index (χ0) is 19.5. The van der Waals surface area contributed by atoms with Crippen LogP contribution >= 0.6 is 0 Å². The van der Waals surface area contributed by atoms with Gasteiger partial charge in [0.25, 0.3) is 0 Å². The van der Waals surface area contributed by atoms with Gasteiger partial charge >= 0.3 is 0 Å². The molecule has 3 atom stereocenters. The number of ether oxygens (including phenoxy) is 1. The number of guanidine groups is 1. The molecule has 0 amide bonds. The van der Waals surface area contributed by atoms with Crippen LogP contribution in [0.4, 0.5) is 0 Å². The van der Waals surface area contributed by atoms with Gasteiger partial charge in [0.15, 0.2) is 5.96 Å². The lowest BCUT2D eigenvalue weighted by molar-refractivity contribution is -0.0502. The molecule has 1 aliphatic carbocycles. The lowest BCUT2D eigenvalue weighted by Gasteiger charge is -2.36. The number of nitrogens with zero attached hydrogens (tertiary/aromatic N) is 4. The maximum atomic E-state index is 6.12. The van der Waals surface area contributed by atoms with Crippen molar-refractivity contribution in [3.63, 3.8) is 0 Å². The summed E-state index contributed by atoms with van der Waals surface area (Å²) in [6.07, 6.45) is 2.96. The Morgan fingerprint density at radius 3 is 2.79 bits per heavy atom. The second-order valence-corrected chi connectivity index (χ2v) is 8.51. The van der Waals surface area contributed by atoms with Crippen molar-refractivity contribution in [3.05, 3.63) is 35.9 Å². The Labute approximate surface area is 169 Å². The molecule has 1 aromatic carbocycles. The number of hydrogen-bond donors (Lipinski definition) is 1. The van der Waals surface area contributed by atoms with Crippen LogP contribution in [0.15, 0.2) is 35.3 Å². The van der Waals surface area contributed by atoms with Crippen molar-refractivity contribution in [1.29, 1.82) is 0 Å². The number of morpholine rings is 1. The number of likely N-dealkylation sites (N-methyl/N-ethyl adjacent to an activating group) is 1. The summed E-state index contributed by atoms with van der Waals surface area (Å²) in [6, 6.07) is 12.5. The van der Waals surface area contributed by atoms with Crippen LogP contribution in [0.1, 0.15) is 25.3 Å². The first-order valence-electron chi connectivity index (χ1n) is 10.7. The summed E-state index contributed by atoms with van der Waals surface area (Å²) < 4.78 is 6.12. The van der Waals surface area contributed by atoms with Gasteiger partial charge in [-0.25, -0.2) is 0 Å². The normalized spacial score (nSPS) is 27.1. The number of benzene rings is 1. The molecular weight excluding hydrogens is 350 g/mol. The number of likely N-dealkylation sites (tertiary alicyclic amines) is 1. The third-order valence-corrected chi connectivity index (χ3v) is 6.53. The fourth-order valence-electron chi connectivity index (χ4n) is 4.50. The molecule has 4 rings (SSSR count). The molecule has 2 heterocycles. The number of aliphatic imine (C=N–C) groups is 1. The molecule has 1 N–H and O–H groups in total. The average Bonchev–Trinajstić information content (AvgIpc) is 3.47. The quantitative estimate of drug-likeness (QED) is 0.596. The van der Waals surface area contributed by atoms with E-state index < -0.39 is 0 Å². The van der Waals surface area contributed by atoms with Gasteiger partial charge in [-0.1, -0.05) is 30.3 Å². The molecule has 154 valence electrons. The molecule has 0 spiro atoms. The van der Waals surface area contributed by atoms with Crippen molar-refractivity contribution in [2.75, 3.05) is 46.9 Å². The summed E-state index contributed by atoms with van der Waals surface area (Å²) >= 11 is 0. The first kappa shape index (κ1) is 19.7. The molecule has 6 nitrogen and oxygen atoms in total. The van der Waals surface area contributed by atoms with E-state index in [0.29, 0.717) is 12.1 Å². The van der Waals surface area contributed by atoms with E-state index in [-0.39, 0.29) is 6.10 Å². The molecule has 3 aliphatic rings. The van der Waals surface area contributed by atoms with Crippen LogP contribution in [-0.2, 0) is 11.3 Å². The topological polar surface area (TPSA) is 43.3 Å². The lowest BCUT2D eigenvalue weighted by atomic mass is 10.1. The summed E-state index contributed by atoms with van der Waals surface area (Å²) in [4.78, 5) is 12.0. The van der Waals surface area contributed by atoms with Gasteiger partial charge in [-0.3, -0.25) is 14.8 Å². The minimum Gasteiger partial charge on any atom is -0.373 e. The summed E-state index contributed by atoms with van der Waals surface area (Å²) in [6.45, 7) is 7.93. The third-order valence-electron chi connectivity index (χ3n) is 6.53. The molecule has 1 aromatic rings. The van der Waals surface area contributed by atoms with E-state index in [1.54, 1.807) is 0 Å². The van der Waals surface area contributed by atoms with Gasteiger partial charge in [0.2, 0.25) is 0 Å². The molecule has 6 heteroatoms. The molecule has 3 unspecified atom stereocenters. The van der Waals surface area contributed by atoms with Gasteiger partial charge in [0.05, 0.1) is 18.8 Å². The monoisotopic (exact) mass is 385 g/mol. The van der Waals surface area contributed by atoms with Crippen molar-refractivity contribution < 1.29 is 4.74 Å². The van der Waals surface area contributed by atoms with Gasteiger partial charge in [-0.2, -0.15) is 0 Å². The molecular formula is C22H35N5O. The Balaban J connectivity index is 1.34. The van der Waals surface area contributed by atoms with Crippen LogP contribution in [0.25, 0.3) is 0 Å². The van der Waals surface area contributed by atoms with E-state index in [4.69, 9.17) is 4.74 Å². The average molecular weight is 386 g/mol. The van der Waals surface area contributed by atoms with Crippen LogP contribution in [-0.4, -0.2) is 91.8 Å². The Bertz CT molecular complexity index is 662. The molecule has 2 aliphatic heterocycles. The lowest BCUT2D eigenvalue weighted by Crippen LogP contribution is -2.50. The zero-order valence-corrected chi connectivity index (χ0v) is 17.6. The standard InChI is InChI=1S/C22H35N5O/c1-17(25(3)19-9-10-19)13-24-22(23-2)27-15-20-21(16-27)28-12-11-26(20)14-18-7-5-4-6-8-18/h4-8,17,19-21H,9-16H2,1-3H3,(H,23,24). The van der Waals surface area contributed by atoms with Crippen molar-refractivity contribution in [2.45, 2.75) is 50.5 Å². The maximum Gasteiger partial charge on any atom is 0.193 e. The van der Waals surface area contributed by atoms with E-state index in [0.717, 1.165) is 51.3 Å². The minimum atomic E-state index is 0.266. The van der Waals surface area contributed by atoms with Crippen molar-refractivity contribution in [3.8, 4) is 0 Å². The number of rotatable bonds is 6. The number of fused-ring (bicyclic) bond motifs is 1. The van der Waals surface area contributed by atoms with Crippen LogP contribution in [0.3, 0.4) is 0 Å². The Morgan fingerprint density at radius 1 is 1.29 bits per heavy atom. The minimum absolute atomic E-state index is 0.266. The SMILES string of the molecule is CN=C(NCC(C)N(C)C1CC1)N1CC2OCCN(Cc3ccccc3)C2C1. The van der Waals surface area contributed by atoms with Crippen molar-refractivity contribution in [1.82, 2.24) is 20.0 Å². The van der Waals surface area contributed by atoms with Crippen molar-refractivity contribution >= 4 is 5.96 Å². The molecule has 0 radical (unpaired) electrons. The summed E-state index contributed by atoms with van der Waals surface area (Å²) in [7, 11) is 4.13. The first-order valence-corrected chi connectivity index (χ1v) is 10.7. The number of nitrogens with one attached hydrogen (secondary N) is 1. The summed E-state index contributed by atoms with van der Waals surface area (Å²) in [5.74, 6) is 1.01. The van der Waals surface area contributed by atoms with E-state index in [2.05, 4.69) is 69.3 Å². The van der Waals surface area contributed by atoms with Gasteiger partial charge in [-0.15, -0.1) is 0 Å². The smallest absolute Gasteiger partial charge is 0.193 e. The van der Waals surface area contributed by atoms with Crippen LogP contribution in [0.2, 0.25) is 0 Å². The fraction of sp³-hybridized carbons (Fsp3) is 0.682. The van der Waals surface area contributed by atoms with Gasteiger partial charge in [-0.05, 0) is 32.4 Å². The van der Waals surface area contributed by atoms with Crippen LogP contribution in [0, 0.1) is 0 Å². The van der Waals surface area contributed by atoms with E-state index >= 15 is 0 Å². The Kier molecular flexibility index (Phi) is 6.19. The second-order valence-electron chi connectivity index (χ2n) is 8.51. The van der Waals surface area contributed by atoms with E-state index in [1.165, 1.54) is 18.4 Å². The Morgan fingerprint density at radius 2 is 2.07 bits per heavy atom. The zero-order valence-electron chi connectivity index (χ0n) is 17.6. The van der Waals surface area contributed by atoms with Crippen LogP contribution < -0.4 is 5.32 Å². The van der Waals surface area contributed by atoms with E-state index in [1.807, 2.05) is 7.05 Å². The number of hydrogen-bond acceptors (Lipinski definition) is 4. The highest BCUT2D eigenvalue weighted by Gasteiger charge is 2.41. The molecule has 0 bridgehead atoms. The molecule has 0 aromatic heterocycles. The highest BCUT2D eigenvalue weighted by molar-refractivity contribution is 5.80. The largest absolute Gasteiger partial charge is 0.373 e. The predicted molar refractivity (Wildman–Crippen MR) is 114 cm³/mol. The van der Waals surface area contributed by atoms with Gasteiger partial charge < -0.3 is 15.0 Å². The van der Waals surface area contributed by atoms with Crippen LogP contribution in [0.5, 0.6) is 0 Å². The highest BCUT2D eigenvalue weighted by Crippen LogP contribution is 2.27. The Hall–Kier alpha value is -1.63. The second kappa shape index (κ2) is 8.80. The molecule has 3 fully saturated rings. The first-order chi connectivity index (χ1) is 13.7. The van der Waals surface area contributed by atoms with Crippen molar-refractivity contribution in [2.24, 2.45) is 4.99 Å². The van der Waals surface area contributed by atoms with Gasteiger partial charge in [0, 0.05) is 51.9 Å². The van der Waals surface area contributed by atoms with E-state index in [9.17, 15) is 0 Å². The highest BCUT2D eigenvalue weighted by atomic mass is 16.5. The summed E-state index contributed by atoms with van der Waals surface area (Å²) in [5, 5.41) is 3.61. The summed E-state index contributed by atoms with van der Waals surface area (Å²) in [5.41, 5.74) is 1.38. The molecule has 1 saturated carbocycles. The fourth-order valence-corrected chi connectivity index (χ4v) is 4.50. The molecule has 28 heavy (non-hydrogen) atoms. The maximum absolute atomic E-state index is 6.12. The molecule has 2 saturated heterocycles. The third kappa shape index (κ3) is 4.50.